The second-order valence-corrected chi connectivity index (χ2v) is 5.03. The molecule has 1 aromatic carbocycles. The molecule has 0 radical (unpaired) electrons. The van der Waals surface area contributed by atoms with Gasteiger partial charge >= 0.3 is 0 Å². The maximum absolute atomic E-state index is 12.8. The summed E-state index contributed by atoms with van der Waals surface area (Å²) in [6, 6.07) is 6.12. The van der Waals surface area contributed by atoms with Crippen molar-refractivity contribution in [1.29, 1.82) is 0 Å². The van der Waals surface area contributed by atoms with Gasteiger partial charge in [0.25, 0.3) is 0 Å². The number of hydrogen-bond acceptors (Lipinski definition) is 5. The number of thioether (sulfide) groups is 1. The lowest BCUT2D eigenvalue weighted by Crippen LogP contribution is -2.00. The van der Waals surface area contributed by atoms with Crippen molar-refractivity contribution >= 4 is 23.1 Å². The van der Waals surface area contributed by atoms with Crippen LogP contribution in [0.2, 0.25) is 0 Å². The van der Waals surface area contributed by atoms with Crippen LogP contribution in [0.5, 0.6) is 5.75 Å². The molecular formula is C10H9FN2OS2. The number of nitrogens with zero attached hydrogens (tertiary/aromatic N) is 2. The average molecular weight is 256 g/mol. The van der Waals surface area contributed by atoms with Crippen LogP contribution in [0.1, 0.15) is 0 Å². The highest BCUT2D eigenvalue weighted by atomic mass is 32.2. The SMILES string of the molecule is Fc1cccc(OCCSc2nncs2)c1. The van der Waals surface area contributed by atoms with Crippen LogP contribution in [0.25, 0.3) is 0 Å². The van der Waals surface area contributed by atoms with Gasteiger partial charge in [0.2, 0.25) is 0 Å². The van der Waals surface area contributed by atoms with Crippen molar-refractivity contribution in [2.45, 2.75) is 4.34 Å². The molecule has 16 heavy (non-hydrogen) atoms. The van der Waals surface area contributed by atoms with Gasteiger partial charge in [0.15, 0.2) is 4.34 Å². The zero-order valence-corrected chi connectivity index (χ0v) is 9.93. The summed E-state index contributed by atoms with van der Waals surface area (Å²) in [6.45, 7) is 0.522. The molecule has 0 amide bonds. The van der Waals surface area contributed by atoms with E-state index in [1.165, 1.54) is 23.5 Å². The molecule has 2 rings (SSSR count). The predicted octanol–water partition coefficient (Wildman–Crippen LogP) is 2.85. The molecule has 0 atom stereocenters. The Morgan fingerprint density at radius 2 is 2.38 bits per heavy atom. The van der Waals surface area contributed by atoms with E-state index < -0.39 is 0 Å². The number of rotatable bonds is 5. The largest absolute Gasteiger partial charge is 0.493 e. The summed E-state index contributed by atoms with van der Waals surface area (Å²) in [5.41, 5.74) is 1.69. The molecule has 84 valence electrons. The number of halogens is 1. The van der Waals surface area contributed by atoms with Crippen molar-refractivity contribution in [1.82, 2.24) is 10.2 Å². The van der Waals surface area contributed by atoms with Gasteiger partial charge in [-0.05, 0) is 12.1 Å². The molecule has 0 saturated carbocycles. The number of benzene rings is 1. The molecule has 0 saturated heterocycles. The third-order valence-electron chi connectivity index (χ3n) is 1.71. The van der Waals surface area contributed by atoms with Crippen LogP contribution in [0.4, 0.5) is 4.39 Å². The Morgan fingerprint density at radius 1 is 1.44 bits per heavy atom. The zero-order valence-electron chi connectivity index (χ0n) is 8.30. The molecule has 0 aliphatic rings. The first-order valence-corrected chi connectivity index (χ1v) is 6.48. The Morgan fingerprint density at radius 3 is 3.12 bits per heavy atom. The van der Waals surface area contributed by atoms with Crippen LogP contribution in [-0.4, -0.2) is 22.6 Å². The molecule has 3 nitrogen and oxygen atoms in total. The van der Waals surface area contributed by atoms with Crippen LogP contribution in [-0.2, 0) is 0 Å². The Balaban J connectivity index is 1.72. The van der Waals surface area contributed by atoms with E-state index in [-0.39, 0.29) is 5.82 Å². The summed E-state index contributed by atoms with van der Waals surface area (Å²) in [4.78, 5) is 0. The van der Waals surface area contributed by atoms with Gasteiger partial charge in [-0.25, -0.2) is 4.39 Å². The van der Waals surface area contributed by atoms with Gasteiger partial charge in [0.1, 0.15) is 17.1 Å². The van der Waals surface area contributed by atoms with Gasteiger partial charge in [-0.15, -0.1) is 10.2 Å². The van der Waals surface area contributed by atoms with Gasteiger partial charge in [-0.3, -0.25) is 0 Å². The molecule has 2 aromatic rings. The second kappa shape index (κ2) is 5.81. The van der Waals surface area contributed by atoms with Crippen molar-refractivity contribution in [3.8, 4) is 5.75 Å². The van der Waals surface area contributed by atoms with Crippen LogP contribution in [0.3, 0.4) is 0 Å². The molecule has 6 heteroatoms. The van der Waals surface area contributed by atoms with Crippen LogP contribution < -0.4 is 4.74 Å². The molecule has 0 unspecified atom stereocenters. The van der Waals surface area contributed by atoms with Gasteiger partial charge in [0.05, 0.1) is 6.61 Å². The third-order valence-corrected chi connectivity index (χ3v) is 3.54. The smallest absolute Gasteiger partial charge is 0.174 e. The molecule has 0 aliphatic heterocycles. The van der Waals surface area contributed by atoms with Crippen LogP contribution >= 0.6 is 23.1 Å². The normalized spacial score (nSPS) is 10.3. The number of ether oxygens (including phenoxy) is 1. The molecule has 1 heterocycles. The quantitative estimate of drug-likeness (QED) is 0.608. The van der Waals surface area contributed by atoms with E-state index in [4.69, 9.17) is 4.74 Å². The summed E-state index contributed by atoms with van der Waals surface area (Å²) >= 11 is 3.07. The Bertz CT molecular complexity index is 436. The van der Waals surface area contributed by atoms with E-state index in [2.05, 4.69) is 10.2 Å². The van der Waals surface area contributed by atoms with Gasteiger partial charge in [-0.2, -0.15) is 0 Å². The Kier molecular flexibility index (Phi) is 4.12. The Hall–Kier alpha value is -1.14. The second-order valence-electron chi connectivity index (χ2n) is 2.86. The van der Waals surface area contributed by atoms with Crippen molar-refractivity contribution in [2.24, 2.45) is 0 Å². The molecule has 0 fully saturated rings. The molecule has 0 spiro atoms. The highest BCUT2D eigenvalue weighted by molar-refractivity contribution is 8.01. The van der Waals surface area contributed by atoms with Crippen molar-refractivity contribution in [3.05, 3.63) is 35.6 Å². The van der Waals surface area contributed by atoms with E-state index in [1.807, 2.05) is 0 Å². The standard InChI is InChI=1S/C10H9FN2OS2/c11-8-2-1-3-9(6-8)14-4-5-15-10-13-12-7-16-10/h1-3,6-7H,4-5H2. The van der Waals surface area contributed by atoms with E-state index in [0.29, 0.717) is 12.4 Å². The highest BCUT2D eigenvalue weighted by Gasteiger charge is 1.99. The fourth-order valence-electron chi connectivity index (χ4n) is 1.07. The van der Waals surface area contributed by atoms with E-state index in [9.17, 15) is 4.39 Å². The summed E-state index contributed by atoms with van der Waals surface area (Å²) < 4.78 is 19.1. The maximum atomic E-state index is 12.8. The molecule has 0 aliphatic carbocycles. The predicted molar refractivity (Wildman–Crippen MR) is 62.5 cm³/mol. The summed E-state index contributed by atoms with van der Waals surface area (Å²) in [5, 5.41) is 7.62. The van der Waals surface area contributed by atoms with E-state index in [1.54, 1.807) is 29.4 Å². The first kappa shape index (κ1) is 11.3. The van der Waals surface area contributed by atoms with Crippen LogP contribution in [0.15, 0.2) is 34.1 Å². The summed E-state index contributed by atoms with van der Waals surface area (Å²) in [5.74, 6) is 1.04. The first-order valence-electron chi connectivity index (χ1n) is 4.62. The topological polar surface area (TPSA) is 35.0 Å². The van der Waals surface area contributed by atoms with Crippen molar-refractivity contribution < 1.29 is 9.13 Å². The van der Waals surface area contributed by atoms with Gasteiger partial charge in [0, 0.05) is 11.8 Å². The molecule has 0 N–H and O–H groups in total. The fraction of sp³-hybridized carbons (Fsp3) is 0.200. The van der Waals surface area contributed by atoms with Crippen LogP contribution in [0, 0.1) is 5.82 Å². The summed E-state index contributed by atoms with van der Waals surface area (Å²) in [6.07, 6.45) is 0. The minimum Gasteiger partial charge on any atom is -0.493 e. The van der Waals surface area contributed by atoms with Gasteiger partial charge < -0.3 is 4.74 Å². The maximum Gasteiger partial charge on any atom is 0.174 e. The fourth-order valence-corrected chi connectivity index (χ4v) is 2.45. The van der Waals surface area contributed by atoms with Gasteiger partial charge in [-0.1, -0.05) is 29.2 Å². The lowest BCUT2D eigenvalue weighted by atomic mass is 10.3. The minimum atomic E-state index is -0.283. The molecular weight excluding hydrogens is 247 g/mol. The average Bonchev–Trinajstić information content (AvgIpc) is 2.77. The zero-order chi connectivity index (χ0) is 11.2. The van der Waals surface area contributed by atoms with E-state index >= 15 is 0 Å². The molecule has 0 bridgehead atoms. The van der Waals surface area contributed by atoms with Crippen molar-refractivity contribution in [3.63, 3.8) is 0 Å². The first-order chi connectivity index (χ1) is 7.84. The minimum absolute atomic E-state index is 0.283. The summed E-state index contributed by atoms with van der Waals surface area (Å²) in [7, 11) is 0. The lowest BCUT2D eigenvalue weighted by Gasteiger charge is -2.04. The number of hydrogen-bond donors (Lipinski definition) is 0. The Labute approximate surface area is 101 Å². The van der Waals surface area contributed by atoms with Crippen molar-refractivity contribution in [2.75, 3.05) is 12.4 Å². The third kappa shape index (κ3) is 3.46. The molecule has 1 aromatic heterocycles. The number of aromatic nitrogens is 2. The van der Waals surface area contributed by atoms with E-state index in [0.717, 1.165) is 10.1 Å². The lowest BCUT2D eigenvalue weighted by molar-refractivity contribution is 0.342. The highest BCUT2D eigenvalue weighted by Crippen LogP contribution is 2.19. The monoisotopic (exact) mass is 256 g/mol.